The van der Waals surface area contributed by atoms with Gasteiger partial charge in [-0.2, -0.15) is 0 Å². The molecular formula is C21H26N2O2. The summed E-state index contributed by atoms with van der Waals surface area (Å²) in [7, 11) is 0. The van der Waals surface area contributed by atoms with Crippen molar-refractivity contribution >= 4 is 17.3 Å². The molecule has 0 saturated carbocycles. The third-order valence-corrected chi connectivity index (χ3v) is 4.97. The summed E-state index contributed by atoms with van der Waals surface area (Å²) < 4.78 is 0. The van der Waals surface area contributed by atoms with Crippen LogP contribution in [0.25, 0.3) is 0 Å². The fraction of sp³-hybridized carbons (Fsp3) is 0.381. The van der Waals surface area contributed by atoms with Crippen LogP contribution in [0.5, 0.6) is 0 Å². The maximum atomic E-state index is 12.3. The van der Waals surface area contributed by atoms with Gasteiger partial charge in [-0.25, -0.2) is 0 Å². The number of nitrogens with one attached hydrogen (secondary N) is 1. The Balaban J connectivity index is 1.72. The van der Waals surface area contributed by atoms with Crippen LogP contribution in [0.2, 0.25) is 0 Å². The lowest BCUT2D eigenvalue weighted by Gasteiger charge is -2.35. The number of hydrogen-bond donors (Lipinski definition) is 2. The number of hydrogen-bond acceptors (Lipinski definition) is 3. The topological polar surface area (TPSA) is 52.6 Å². The average Bonchev–Trinajstić information content (AvgIpc) is 2.64. The Kier molecular flexibility index (Phi) is 5.39. The number of rotatable bonds is 4. The van der Waals surface area contributed by atoms with Gasteiger partial charge >= 0.3 is 0 Å². The molecule has 1 fully saturated rings. The lowest BCUT2D eigenvalue weighted by atomic mass is 10.0. The van der Waals surface area contributed by atoms with E-state index in [1.165, 1.54) is 24.9 Å². The highest BCUT2D eigenvalue weighted by atomic mass is 16.3. The third-order valence-electron chi connectivity index (χ3n) is 4.97. The molecule has 2 N–H and O–H groups in total. The van der Waals surface area contributed by atoms with E-state index in [0.29, 0.717) is 11.6 Å². The highest BCUT2D eigenvalue weighted by Crippen LogP contribution is 2.28. The minimum atomic E-state index is -1.16. The predicted molar refractivity (Wildman–Crippen MR) is 102 cm³/mol. The van der Waals surface area contributed by atoms with E-state index in [0.717, 1.165) is 17.8 Å². The van der Waals surface area contributed by atoms with Gasteiger partial charge in [0.25, 0.3) is 5.91 Å². The number of benzene rings is 2. The largest absolute Gasteiger partial charge is 0.378 e. The minimum Gasteiger partial charge on any atom is -0.378 e. The molecule has 1 saturated heterocycles. The van der Waals surface area contributed by atoms with Gasteiger partial charge in [0.15, 0.2) is 6.10 Å². The number of carbonyl (C=O) groups excluding carboxylic acids is 1. The van der Waals surface area contributed by atoms with Gasteiger partial charge in [-0.05, 0) is 62.4 Å². The molecule has 0 aromatic heterocycles. The van der Waals surface area contributed by atoms with Crippen molar-refractivity contribution in [2.75, 3.05) is 16.8 Å². The maximum absolute atomic E-state index is 12.3. The summed E-state index contributed by atoms with van der Waals surface area (Å²) in [5.74, 6) is -0.409. The van der Waals surface area contributed by atoms with E-state index >= 15 is 0 Å². The van der Waals surface area contributed by atoms with Crippen LogP contribution in [0, 0.1) is 6.92 Å². The molecule has 4 nitrogen and oxygen atoms in total. The zero-order valence-corrected chi connectivity index (χ0v) is 14.9. The second kappa shape index (κ2) is 7.70. The molecule has 0 radical (unpaired) electrons. The monoisotopic (exact) mass is 338 g/mol. The molecule has 0 spiro atoms. The number of aryl methyl sites for hydroxylation is 1. The third kappa shape index (κ3) is 4.02. The number of anilines is 2. The van der Waals surface area contributed by atoms with Crippen molar-refractivity contribution in [3.63, 3.8) is 0 Å². The van der Waals surface area contributed by atoms with Crippen molar-refractivity contribution < 1.29 is 9.90 Å². The van der Waals surface area contributed by atoms with Crippen molar-refractivity contribution in [3.05, 3.63) is 59.7 Å². The van der Waals surface area contributed by atoms with E-state index in [9.17, 15) is 9.90 Å². The molecule has 25 heavy (non-hydrogen) atoms. The van der Waals surface area contributed by atoms with Crippen molar-refractivity contribution in [3.8, 4) is 0 Å². The van der Waals surface area contributed by atoms with Crippen molar-refractivity contribution in [1.82, 2.24) is 0 Å². The molecule has 2 unspecified atom stereocenters. The number of aliphatic hydroxyl groups is 1. The highest BCUT2D eigenvalue weighted by molar-refractivity contribution is 5.95. The second-order valence-corrected chi connectivity index (χ2v) is 6.84. The molecule has 1 aliphatic rings. The number of aliphatic hydroxyl groups excluding tert-OH is 1. The normalized spacial score (nSPS) is 18.7. The Bertz CT molecular complexity index is 730. The molecule has 3 rings (SSSR count). The molecule has 2 atom stereocenters. The zero-order valence-electron chi connectivity index (χ0n) is 14.9. The molecule has 132 valence electrons. The molecule has 0 bridgehead atoms. The van der Waals surface area contributed by atoms with E-state index in [1.54, 1.807) is 12.1 Å². The van der Waals surface area contributed by atoms with Gasteiger partial charge in [0.2, 0.25) is 0 Å². The van der Waals surface area contributed by atoms with Crippen LogP contribution in [0.15, 0.2) is 48.5 Å². The molecule has 2 aromatic rings. The first kappa shape index (κ1) is 17.5. The minimum absolute atomic E-state index is 0.409. The van der Waals surface area contributed by atoms with Crippen LogP contribution in [0.4, 0.5) is 11.4 Å². The van der Waals surface area contributed by atoms with Gasteiger partial charge in [-0.15, -0.1) is 0 Å². The van der Waals surface area contributed by atoms with Crippen molar-refractivity contribution in [2.45, 2.75) is 45.3 Å². The molecule has 1 aliphatic heterocycles. The predicted octanol–water partition coefficient (Wildman–Crippen LogP) is 4.05. The number of piperidine rings is 1. The molecule has 1 heterocycles. The molecule has 4 heteroatoms. The number of amides is 1. The van der Waals surface area contributed by atoms with Crippen LogP contribution in [0.3, 0.4) is 0 Å². The smallest absolute Gasteiger partial charge is 0.257 e. The number of nitrogens with zero attached hydrogens (tertiary/aromatic N) is 1. The fourth-order valence-corrected chi connectivity index (χ4v) is 3.44. The summed E-state index contributed by atoms with van der Waals surface area (Å²) in [5.41, 5.74) is 3.54. The Morgan fingerprint density at radius 3 is 2.64 bits per heavy atom. The molecule has 1 amide bonds. The lowest BCUT2D eigenvalue weighted by Crippen LogP contribution is -2.37. The molecule has 0 aliphatic carbocycles. The first-order valence-electron chi connectivity index (χ1n) is 8.97. The maximum Gasteiger partial charge on any atom is 0.257 e. The average molecular weight is 338 g/mol. The summed E-state index contributed by atoms with van der Waals surface area (Å²) >= 11 is 0. The Hall–Kier alpha value is -2.33. The van der Waals surface area contributed by atoms with Gasteiger partial charge in [0.1, 0.15) is 0 Å². The molecule has 2 aromatic carbocycles. The standard InChI is InChI=1S/C21H26N2O2/c1-15-14-18(23-13-7-6-8-16(23)2)11-12-19(15)22-21(25)20(24)17-9-4-3-5-10-17/h3-5,9-12,14,16,20,24H,6-8,13H2,1-2H3,(H,22,25). The van der Waals surface area contributed by atoms with Crippen LogP contribution >= 0.6 is 0 Å². The Morgan fingerprint density at radius 2 is 1.96 bits per heavy atom. The first-order valence-corrected chi connectivity index (χ1v) is 8.97. The van der Waals surface area contributed by atoms with E-state index < -0.39 is 12.0 Å². The zero-order chi connectivity index (χ0) is 17.8. The van der Waals surface area contributed by atoms with E-state index in [1.807, 2.05) is 31.2 Å². The summed E-state index contributed by atoms with van der Waals surface area (Å²) in [4.78, 5) is 14.8. The Morgan fingerprint density at radius 1 is 1.20 bits per heavy atom. The summed E-state index contributed by atoms with van der Waals surface area (Å²) in [6.45, 7) is 5.34. The summed E-state index contributed by atoms with van der Waals surface area (Å²) in [5, 5.41) is 13.1. The van der Waals surface area contributed by atoms with E-state index in [2.05, 4.69) is 29.3 Å². The van der Waals surface area contributed by atoms with Crippen LogP contribution in [-0.2, 0) is 4.79 Å². The van der Waals surface area contributed by atoms with Crippen molar-refractivity contribution in [1.29, 1.82) is 0 Å². The second-order valence-electron chi connectivity index (χ2n) is 6.84. The Labute approximate surface area is 149 Å². The summed E-state index contributed by atoms with van der Waals surface area (Å²) in [6, 6.07) is 15.6. The van der Waals surface area contributed by atoms with Gasteiger partial charge in [-0.3, -0.25) is 4.79 Å². The van der Waals surface area contributed by atoms with E-state index in [-0.39, 0.29) is 0 Å². The van der Waals surface area contributed by atoms with Crippen LogP contribution in [-0.4, -0.2) is 23.6 Å². The van der Waals surface area contributed by atoms with Gasteiger partial charge < -0.3 is 15.3 Å². The summed E-state index contributed by atoms with van der Waals surface area (Å²) in [6.07, 6.45) is 2.58. The first-order chi connectivity index (χ1) is 12.1. The SMILES string of the molecule is Cc1cc(N2CCCCC2C)ccc1NC(=O)C(O)c1ccccc1. The quantitative estimate of drug-likeness (QED) is 0.884. The fourth-order valence-electron chi connectivity index (χ4n) is 3.44. The highest BCUT2D eigenvalue weighted by Gasteiger charge is 2.20. The van der Waals surface area contributed by atoms with Crippen molar-refractivity contribution in [2.24, 2.45) is 0 Å². The molecular weight excluding hydrogens is 312 g/mol. The van der Waals surface area contributed by atoms with Gasteiger partial charge in [-0.1, -0.05) is 30.3 Å². The number of carbonyl (C=O) groups is 1. The lowest BCUT2D eigenvalue weighted by molar-refractivity contribution is -0.124. The van der Waals surface area contributed by atoms with Gasteiger partial charge in [0.05, 0.1) is 0 Å². The van der Waals surface area contributed by atoms with Gasteiger partial charge in [0, 0.05) is 24.0 Å². The van der Waals surface area contributed by atoms with Crippen LogP contribution in [0.1, 0.15) is 43.4 Å². The van der Waals surface area contributed by atoms with Crippen LogP contribution < -0.4 is 10.2 Å². The van der Waals surface area contributed by atoms with E-state index in [4.69, 9.17) is 0 Å².